The molecular formula is C102H110N2O2. The topological polar surface area (TPSA) is 24.9 Å². The number of rotatable bonds is 22. The van der Waals surface area contributed by atoms with E-state index < -0.39 is 5.41 Å². The Kier molecular flexibility index (Phi) is 24.2. The fraction of sp³-hybridized carbons (Fsp3) is 0.333. The van der Waals surface area contributed by atoms with Gasteiger partial charge < -0.3 is 19.3 Å². The minimum absolute atomic E-state index is 0. The van der Waals surface area contributed by atoms with Crippen LogP contribution in [0, 0.1) is 82.4 Å². The predicted molar refractivity (Wildman–Crippen MR) is 452 cm³/mol. The first-order chi connectivity index (χ1) is 50.7. The Morgan fingerprint density at radius 1 is 0.311 bits per heavy atom. The number of ether oxygens (including phenoxy) is 2. The van der Waals surface area contributed by atoms with Gasteiger partial charge in [-0.1, -0.05) is 295 Å². The first kappa shape index (κ1) is 76.8. The van der Waals surface area contributed by atoms with E-state index in [2.05, 4.69) is 342 Å². The largest absolute Gasteiger partial charge is 0.403 e. The van der Waals surface area contributed by atoms with Crippen molar-refractivity contribution in [2.24, 2.45) is 0 Å². The molecular weight excluding hydrogens is 1290 g/mol. The molecule has 1 spiro atoms. The SMILES string of the molecule is C.CC#CC#COc1cc2c(cc1OC#CC#CC)C1(c3cc(C)ccc3-c3ccc(C)cc31)c1cc(C)ccc1-2.CCCCCCCCC1(CCCCCCCC)c2cc(N(c3ccc(C)cc3)c3ccc(C(C)(C)C)cc3)ccc2-c2ccc(N(c3ccc(C)cc3)c3ccc(C(C)(C)C)cc3)cc21. The number of hydrogen-bond acceptors (Lipinski definition) is 4. The van der Waals surface area contributed by atoms with Crippen LogP contribution in [0.5, 0.6) is 11.5 Å². The van der Waals surface area contributed by atoms with Crippen molar-refractivity contribution in [3.05, 3.63) is 273 Å². The van der Waals surface area contributed by atoms with E-state index in [1.54, 1.807) is 13.8 Å². The highest BCUT2D eigenvalue weighted by molar-refractivity contribution is 5.97. The van der Waals surface area contributed by atoms with E-state index in [9.17, 15) is 0 Å². The molecule has 3 aliphatic carbocycles. The molecule has 0 amide bonds. The summed E-state index contributed by atoms with van der Waals surface area (Å²) in [7, 11) is 0. The average Bonchev–Trinajstić information content (AvgIpc) is 1.51. The number of unbranched alkanes of at least 4 members (excludes halogenated alkanes) is 10. The molecule has 0 unspecified atom stereocenters. The molecule has 10 aromatic rings. The lowest BCUT2D eigenvalue weighted by atomic mass is 9.70. The number of anilines is 6. The van der Waals surface area contributed by atoms with Crippen molar-refractivity contribution >= 4 is 34.1 Å². The van der Waals surface area contributed by atoms with Crippen LogP contribution in [0.3, 0.4) is 0 Å². The molecule has 13 rings (SSSR count). The third kappa shape index (κ3) is 15.9. The lowest BCUT2D eigenvalue weighted by Crippen LogP contribution is -2.26. The molecule has 3 aliphatic rings. The van der Waals surface area contributed by atoms with E-state index in [4.69, 9.17) is 9.47 Å². The van der Waals surface area contributed by atoms with Gasteiger partial charge in [-0.15, -0.1) is 0 Å². The summed E-state index contributed by atoms with van der Waals surface area (Å²) in [6.07, 6.45) is 23.3. The van der Waals surface area contributed by atoms with Crippen molar-refractivity contribution in [2.75, 3.05) is 9.80 Å². The zero-order chi connectivity index (χ0) is 74.0. The number of benzene rings is 10. The fourth-order valence-electron chi connectivity index (χ4n) is 16.4. The quantitative estimate of drug-likeness (QED) is 0.0499. The van der Waals surface area contributed by atoms with Crippen molar-refractivity contribution in [2.45, 2.75) is 223 Å². The third-order valence-electron chi connectivity index (χ3n) is 21.9. The van der Waals surface area contributed by atoms with Crippen LogP contribution in [0.4, 0.5) is 34.1 Å². The zero-order valence-corrected chi connectivity index (χ0v) is 65.2. The number of fused-ring (bicyclic) bond motifs is 13. The average molecular weight is 1400 g/mol. The summed E-state index contributed by atoms with van der Waals surface area (Å²) in [5.74, 6) is 17.4. The summed E-state index contributed by atoms with van der Waals surface area (Å²) < 4.78 is 11.9. The Hall–Kier alpha value is -10.4. The van der Waals surface area contributed by atoms with E-state index in [-0.39, 0.29) is 23.7 Å². The van der Waals surface area contributed by atoms with Crippen molar-refractivity contribution < 1.29 is 9.47 Å². The van der Waals surface area contributed by atoms with Crippen LogP contribution in [-0.2, 0) is 21.7 Å². The molecule has 0 bridgehead atoms. The van der Waals surface area contributed by atoms with Crippen LogP contribution in [0.1, 0.15) is 239 Å². The van der Waals surface area contributed by atoms with Crippen LogP contribution < -0.4 is 19.3 Å². The number of hydrogen-bond donors (Lipinski definition) is 0. The summed E-state index contributed by atoms with van der Waals surface area (Å²) in [5.41, 5.74) is 31.3. The molecule has 0 aromatic heterocycles. The van der Waals surface area contributed by atoms with Crippen molar-refractivity contribution in [3.8, 4) is 92.6 Å². The molecule has 0 heterocycles. The molecule has 540 valence electrons. The highest BCUT2D eigenvalue weighted by Gasteiger charge is 2.53. The summed E-state index contributed by atoms with van der Waals surface area (Å²) >= 11 is 0. The molecule has 0 saturated heterocycles. The zero-order valence-electron chi connectivity index (χ0n) is 65.2. The van der Waals surface area contributed by atoms with Gasteiger partial charge in [-0.3, -0.25) is 0 Å². The van der Waals surface area contributed by atoms with E-state index >= 15 is 0 Å². The van der Waals surface area contributed by atoms with E-state index in [0.717, 1.165) is 24.0 Å². The molecule has 106 heavy (non-hydrogen) atoms. The number of aryl methyl sites for hydroxylation is 5. The smallest absolute Gasteiger partial charge is 0.184 e. The molecule has 10 aromatic carbocycles. The fourth-order valence-corrected chi connectivity index (χ4v) is 16.4. The molecule has 0 aliphatic heterocycles. The van der Waals surface area contributed by atoms with Crippen molar-refractivity contribution in [1.29, 1.82) is 0 Å². The predicted octanol–water partition coefficient (Wildman–Crippen LogP) is 27.9. The van der Waals surface area contributed by atoms with Crippen molar-refractivity contribution in [1.82, 2.24) is 0 Å². The minimum atomic E-state index is -0.508. The molecule has 0 fully saturated rings. The Bertz CT molecular complexity index is 4820. The molecule has 0 N–H and O–H groups in total. The van der Waals surface area contributed by atoms with E-state index in [1.165, 1.54) is 206 Å². The second-order valence-corrected chi connectivity index (χ2v) is 31.7. The van der Waals surface area contributed by atoms with Gasteiger partial charge in [-0.05, 0) is 247 Å². The Morgan fingerprint density at radius 2 is 0.613 bits per heavy atom. The van der Waals surface area contributed by atoms with Crippen LogP contribution in [0.25, 0.3) is 33.4 Å². The summed E-state index contributed by atoms with van der Waals surface area (Å²) in [5, 5.41) is 0. The van der Waals surface area contributed by atoms with Gasteiger partial charge in [0.15, 0.2) is 11.5 Å². The molecule has 4 nitrogen and oxygen atoms in total. The van der Waals surface area contributed by atoms with Gasteiger partial charge >= 0.3 is 0 Å². The highest BCUT2D eigenvalue weighted by Crippen LogP contribution is 2.65. The first-order valence-electron chi connectivity index (χ1n) is 38.7. The van der Waals surface area contributed by atoms with Gasteiger partial charge in [0.05, 0.1) is 5.41 Å². The summed E-state index contributed by atoms with van der Waals surface area (Å²) in [6, 6.07) is 76.3. The third-order valence-corrected chi connectivity index (χ3v) is 21.9. The maximum Gasteiger partial charge on any atom is 0.184 e. The lowest BCUT2D eigenvalue weighted by Gasteiger charge is -2.35. The Balaban J connectivity index is 0.000000233. The van der Waals surface area contributed by atoms with Crippen LogP contribution >= 0.6 is 0 Å². The van der Waals surface area contributed by atoms with Gasteiger partial charge in [-0.2, -0.15) is 0 Å². The van der Waals surface area contributed by atoms with Gasteiger partial charge in [0, 0.05) is 51.4 Å². The van der Waals surface area contributed by atoms with Gasteiger partial charge in [-0.25, -0.2) is 0 Å². The maximum absolute atomic E-state index is 5.98. The molecule has 0 saturated carbocycles. The summed E-state index contributed by atoms with van der Waals surface area (Å²) in [6.45, 7) is 32.8. The Labute approximate surface area is 637 Å². The van der Waals surface area contributed by atoms with Gasteiger partial charge in [0.1, 0.15) is 12.2 Å². The summed E-state index contributed by atoms with van der Waals surface area (Å²) in [4.78, 5) is 5.00. The van der Waals surface area contributed by atoms with E-state index in [0.29, 0.717) is 11.5 Å². The molecule has 4 heteroatoms. The Morgan fingerprint density at radius 3 is 0.981 bits per heavy atom. The molecule has 0 atom stereocenters. The number of nitrogens with zero attached hydrogens (tertiary/aromatic N) is 2. The lowest BCUT2D eigenvalue weighted by molar-refractivity contribution is 0.398. The standard InChI is InChI=1S/C63H80N2.C38H26O2.CH4/c1-11-13-15-17-19-21-43-63(44-22-20-18-16-14-12-2)59-45-55(64(51-31-23-47(3)24-32-51)53-35-27-49(28-36-53)61(5,6)7)39-41-57(59)58-42-40-56(46-60(58)63)65(52-33-25-48(4)26-34-52)54-37-29-50(30-38-54)62(8,9)10;1-6-8-10-18-39-36-23-31-30-17-14-27(5)22-34(30)38(35(31)24-37(36)40-19-11-9-7-2)32-20-25(3)12-15-28(32)29-16-13-26(4)21-33(29)38;/h23-42,45-46H,11-22,43-44H2,1-10H3;12-17,20-24H,1-5H3;1H4. The second kappa shape index (κ2) is 33.4. The highest BCUT2D eigenvalue weighted by atomic mass is 16.5. The second-order valence-electron chi connectivity index (χ2n) is 31.7. The molecule has 0 radical (unpaired) electrons. The first-order valence-corrected chi connectivity index (χ1v) is 38.7. The van der Waals surface area contributed by atoms with Crippen LogP contribution in [0.15, 0.2) is 200 Å². The monoisotopic (exact) mass is 1390 g/mol. The van der Waals surface area contributed by atoms with E-state index in [1.807, 2.05) is 6.07 Å². The normalized spacial score (nSPS) is 12.6. The van der Waals surface area contributed by atoms with Gasteiger partial charge in [0.2, 0.25) is 0 Å². The minimum Gasteiger partial charge on any atom is -0.403 e. The van der Waals surface area contributed by atoms with Crippen LogP contribution in [0.2, 0.25) is 0 Å². The van der Waals surface area contributed by atoms with Gasteiger partial charge in [0.25, 0.3) is 0 Å². The maximum atomic E-state index is 5.98. The van der Waals surface area contributed by atoms with Crippen molar-refractivity contribution in [3.63, 3.8) is 0 Å². The van der Waals surface area contributed by atoms with Crippen LogP contribution in [-0.4, -0.2) is 0 Å².